The molecule has 1 aromatic rings. The largest absolute Gasteiger partial charge is 0.339 e. The Bertz CT molecular complexity index is 562. The molecule has 24 heavy (non-hydrogen) atoms. The van der Waals surface area contributed by atoms with Crippen molar-refractivity contribution < 1.29 is 4.79 Å². The molecule has 0 bridgehead atoms. The van der Waals surface area contributed by atoms with Crippen molar-refractivity contribution in [3.05, 3.63) is 16.1 Å². The molecule has 0 radical (unpaired) electrons. The van der Waals surface area contributed by atoms with Gasteiger partial charge in [0, 0.05) is 43.5 Å². The summed E-state index contributed by atoms with van der Waals surface area (Å²) in [5.41, 5.74) is 7.16. The Kier molecular flexibility index (Phi) is 5.72. The smallest absolute Gasteiger partial charge is 0.240 e. The van der Waals surface area contributed by atoms with Gasteiger partial charge < -0.3 is 10.6 Å². The quantitative estimate of drug-likeness (QED) is 0.908. The molecule has 1 aromatic heterocycles. The summed E-state index contributed by atoms with van der Waals surface area (Å²) in [6, 6.07) is -0.433. The van der Waals surface area contributed by atoms with Crippen LogP contribution in [0, 0.1) is 5.41 Å². The van der Waals surface area contributed by atoms with Crippen LogP contribution in [0.1, 0.15) is 52.2 Å². The zero-order valence-electron chi connectivity index (χ0n) is 15.9. The predicted molar refractivity (Wildman–Crippen MR) is 100 cm³/mol. The number of thiazole rings is 1. The first-order valence-corrected chi connectivity index (χ1v) is 9.58. The lowest BCUT2D eigenvalue weighted by molar-refractivity contribution is -0.136. The van der Waals surface area contributed by atoms with Gasteiger partial charge in [-0.1, -0.05) is 41.5 Å². The minimum Gasteiger partial charge on any atom is -0.339 e. The Morgan fingerprint density at radius 3 is 2.25 bits per heavy atom. The number of nitrogens with two attached hydrogens (primary N) is 1. The number of piperazine rings is 1. The molecule has 5 nitrogen and oxygen atoms in total. The van der Waals surface area contributed by atoms with Crippen LogP contribution in [0.3, 0.4) is 0 Å². The third-order valence-electron chi connectivity index (χ3n) is 4.46. The average Bonchev–Trinajstić information content (AvgIpc) is 2.94. The van der Waals surface area contributed by atoms with Crippen LogP contribution in [-0.2, 0) is 16.8 Å². The first-order chi connectivity index (χ1) is 11.0. The van der Waals surface area contributed by atoms with Gasteiger partial charge in [0.15, 0.2) is 0 Å². The van der Waals surface area contributed by atoms with Crippen molar-refractivity contribution in [3.8, 4) is 0 Å². The number of carbonyl (C=O) groups excluding carboxylic acids is 1. The van der Waals surface area contributed by atoms with E-state index in [2.05, 4.69) is 31.1 Å². The Hall–Kier alpha value is -0.980. The van der Waals surface area contributed by atoms with Gasteiger partial charge in [0.1, 0.15) is 0 Å². The highest BCUT2D eigenvalue weighted by Crippen LogP contribution is 2.26. The summed E-state index contributed by atoms with van der Waals surface area (Å²) >= 11 is 1.74. The molecule has 2 heterocycles. The SMILES string of the molecule is CC(C)(C)c1nc(CN2CCN(C(=O)[C@@H](N)C(C)(C)C)CC2)cs1. The number of nitrogens with zero attached hydrogens (tertiary/aromatic N) is 3. The Labute approximate surface area is 150 Å². The Morgan fingerprint density at radius 1 is 1.21 bits per heavy atom. The summed E-state index contributed by atoms with van der Waals surface area (Å²) in [4.78, 5) is 21.5. The van der Waals surface area contributed by atoms with E-state index in [9.17, 15) is 4.79 Å². The van der Waals surface area contributed by atoms with E-state index in [-0.39, 0.29) is 16.7 Å². The van der Waals surface area contributed by atoms with Gasteiger partial charge in [0.2, 0.25) is 5.91 Å². The number of hydrogen-bond donors (Lipinski definition) is 1. The standard InChI is InChI=1S/C18H32N4OS/c1-17(2,3)14(19)15(23)22-9-7-21(8-10-22)11-13-12-24-16(20-13)18(4,5)6/h12,14H,7-11,19H2,1-6H3/t14-/m1/s1. The number of rotatable bonds is 3. The first kappa shape index (κ1) is 19.3. The van der Waals surface area contributed by atoms with E-state index in [4.69, 9.17) is 10.7 Å². The maximum Gasteiger partial charge on any atom is 0.240 e. The van der Waals surface area contributed by atoms with Gasteiger partial charge in [-0.15, -0.1) is 11.3 Å². The van der Waals surface area contributed by atoms with Gasteiger partial charge in [0.25, 0.3) is 0 Å². The molecule has 6 heteroatoms. The highest BCUT2D eigenvalue weighted by molar-refractivity contribution is 7.09. The molecule has 1 saturated heterocycles. The zero-order chi connectivity index (χ0) is 18.1. The van der Waals surface area contributed by atoms with Gasteiger partial charge in [0.05, 0.1) is 16.7 Å². The highest BCUT2D eigenvalue weighted by Gasteiger charge is 2.32. The van der Waals surface area contributed by atoms with E-state index in [0.29, 0.717) is 0 Å². The molecular formula is C18H32N4OS. The summed E-state index contributed by atoms with van der Waals surface area (Å²) in [7, 11) is 0. The zero-order valence-corrected chi connectivity index (χ0v) is 16.7. The molecule has 1 aliphatic rings. The molecule has 0 saturated carbocycles. The highest BCUT2D eigenvalue weighted by atomic mass is 32.1. The van der Waals surface area contributed by atoms with E-state index >= 15 is 0 Å². The van der Waals surface area contributed by atoms with Gasteiger partial charge in [-0.25, -0.2) is 4.98 Å². The molecule has 0 aliphatic carbocycles. The fourth-order valence-corrected chi connectivity index (χ4v) is 3.55. The van der Waals surface area contributed by atoms with E-state index in [1.54, 1.807) is 11.3 Å². The molecule has 136 valence electrons. The van der Waals surface area contributed by atoms with Crippen LogP contribution in [-0.4, -0.2) is 52.9 Å². The number of amides is 1. The van der Waals surface area contributed by atoms with Gasteiger partial charge >= 0.3 is 0 Å². The van der Waals surface area contributed by atoms with Crippen molar-refractivity contribution >= 4 is 17.2 Å². The lowest BCUT2D eigenvalue weighted by Crippen LogP contribution is -2.56. The van der Waals surface area contributed by atoms with Crippen molar-refractivity contribution in [3.63, 3.8) is 0 Å². The van der Waals surface area contributed by atoms with Crippen LogP contribution >= 0.6 is 11.3 Å². The van der Waals surface area contributed by atoms with Gasteiger partial charge in [-0.3, -0.25) is 9.69 Å². The normalized spacial score (nSPS) is 18.7. The van der Waals surface area contributed by atoms with Crippen molar-refractivity contribution in [1.29, 1.82) is 0 Å². The predicted octanol–water partition coefficient (Wildman–Crippen LogP) is 2.46. The van der Waals surface area contributed by atoms with Crippen LogP contribution in [0.2, 0.25) is 0 Å². The summed E-state index contributed by atoms with van der Waals surface area (Å²) in [6.45, 7) is 16.7. The van der Waals surface area contributed by atoms with Crippen molar-refractivity contribution in [2.45, 2.75) is 59.5 Å². The third kappa shape index (κ3) is 4.77. The third-order valence-corrected chi connectivity index (χ3v) is 5.78. The van der Waals surface area contributed by atoms with Crippen molar-refractivity contribution in [1.82, 2.24) is 14.8 Å². The average molecular weight is 353 g/mol. The molecule has 1 fully saturated rings. The molecule has 1 atom stereocenters. The molecule has 1 amide bonds. The van der Waals surface area contributed by atoms with Gasteiger partial charge in [-0.05, 0) is 5.41 Å². The number of hydrogen-bond acceptors (Lipinski definition) is 5. The summed E-state index contributed by atoms with van der Waals surface area (Å²) in [5.74, 6) is 0.0748. The minimum atomic E-state index is -0.433. The molecule has 2 N–H and O–H groups in total. The van der Waals surface area contributed by atoms with Gasteiger partial charge in [-0.2, -0.15) is 0 Å². The summed E-state index contributed by atoms with van der Waals surface area (Å²) in [5, 5.41) is 3.34. The molecule has 2 rings (SSSR count). The lowest BCUT2D eigenvalue weighted by Gasteiger charge is -2.38. The van der Waals surface area contributed by atoms with Crippen LogP contribution in [0.15, 0.2) is 5.38 Å². The van der Waals surface area contributed by atoms with E-state index in [0.717, 1.165) is 38.4 Å². The van der Waals surface area contributed by atoms with E-state index < -0.39 is 6.04 Å². The second kappa shape index (κ2) is 7.10. The molecule has 0 aromatic carbocycles. The van der Waals surface area contributed by atoms with Crippen LogP contribution in [0.25, 0.3) is 0 Å². The minimum absolute atomic E-state index is 0.0748. The molecular weight excluding hydrogens is 320 g/mol. The Balaban J connectivity index is 1.87. The summed E-state index contributed by atoms with van der Waals surface area (Å²) in [6.07, 6.45) is 0. The topological polar surface area (TPSA) is 62.5 Å². The maximum atomic E-state index is 12.5. The van der Waals surface area contributed by atoms with Crippen LogP contribution in [0.5, 0.6) is 0 Å². The number of carbonyl (C=O) groups is 1. The monoisotopic (exact) mass is 352 g/mol. The number of aromatic nitrogens is 1. The Morgan fingerprint density at radius 2 is 1.79 bits per heavy atom. The summed E-state index contributed by atoms with van der Waals surface area (Å²) < 4.78 is 0. The molecule has 0 spiro atoms. The van der Waals surface area contributed by atoms with Crippen molar-refractivity contribution in [2.24, 2.45) is 11.1 Å². The molecule has 0 unspecified atom stereocenters. The first-order valence-electron chi connectivity index (χ1n) is 8.70. The second-order valence-electron chi connectivity index (χ2n) is 8.84. The fourth-order valence-electron chi connectivity index (χ4n) is 2.65. The van der Waals surface area contributed by atoms with Crippen LogP contribution in [0.4, 0.5) is 0 Å². The van der Waals surface area contributed by atoms with Crippen LogP contribution < -0.4 is 5.73 Å². The van der Waals surface area contributed by atoms with E-state index in [1.807, 2.05) is 25.7 Å². The van der Waals surface area contributed by atoms with E-state index in [1.165, 1.54) is 5.01 Å². The fraction of sp³-hybridized carbons (Fsp3) is 0.778. The van der Waals surface area contributed by atoms with Crippen molar-refractivity contribution in [2.75, 3.05) is 26.2 Å². The maximum absolute atomic E-state index is 12.5. The molecule has 1 aliphatic heterocycles. The second-order valence-corrected chi connectivity index (χ2v) is 9.70. The lowest BCUT2D eigenvalue weighted by atomic mass is 9.86.